The molecule has 0 aromatic carbocycles. The lowest BCUT2D eigenvalue weighted by atomic mass is 10.1. The molecule has 0 N–H and O–H groups in total. The van der Waals surface area contributed by atoms with Crippen molar-refractivity contribution in [3.05, 3.63) is 12.7 Å². The summed E-state index contributed by atoms with van der Waals surface area (Å²) < 4.78 is 0. The van der Waals surface area contributed by atoms with Gasteiger partial charge in [0.2, 0.25) is 0 Å². The predicted octanol–water partition coefficient (Wildman–Crippen LogP) is 6.90. The van der Waals surface area contributed by atoms with Crippen LogP contribution in [0, 0.1) is 0 Å². The molecule has 0 fully saturated rings. The highest BCUT2D eigenvalue weighted by molar-refractivity contribution is 4.65. The zero-order valence-electron chi connectivity index (χ0n) is 12.8. The molecule has 0 heteroatoms. The second-order valence-corrected chi connectivity index (χ2v) is 4.61. The van der Waals surface area contributed by atoms with Gasteiger partial charge < -0.3 is 0 Å². The smallest absolute Gasteiger partial charge is 0.0353 e. The summed E-state index contributed by atoms with van der Waals surface area (Å²) in [5.41, 5.74) is 0. The van der Waals surface area contributed by atoms with E-state index >= 15 is 0 Å². The van der Waals surface area contributed by atoms with Gasteiger partial charge in [-0.05, 0) is 12.8 Å². The quantitative estimate of drug-likeness (QED) is 0.257. The number of unbranched alkanes of at least 4 members (excludes halogenated alkanes) is 11. The van der Waals surface area contributed by atoms with Crippen LogP contribution in [0.1, 0.15) is 97.8 Å². The molecule has 0 nitrogen and oxygen atoms in total. The lowest BCUT2D eigenvalue weighted by molar-refractivity contribution is 0.550. The van der Waals surface area contributed by atoms with Crippen LogP contribution in [0.4, 0.5) is 0 Å². The van der Waals surface area contributed by atoms with Gasteiger partial charge in [0.05, 0.1) is 0 Å². The van der Waals surface area contributed by atoms with Crippen LogP contribution < -0.4 is 0 Å². The van der Waals surface area contributed by atoms with E-state index < -0.39 is 0 Å². The summed E-state index contributed by atoms with van der Waals surface area (Å²) in [6.45, 7) is 10.0. The third-order valence-corrected chi connectivity index (χ3v) is 3.01. The molecular weight excluding hydrogens is 204 g/mol. The van der Waals surface area contributed by atoms with Crippen LogP contribution >= 0.6 is 0 Å². The minimum absolute atomic E-state index is 1.21. The summed E-state index contributed by atoms with van der Waals surface area (Å²) >= 11 is 0. The van der Waals surface area contributed by atoms with Gasteiger partial charge >= 0.3 is 0 Å². The Morgan fingerprint density at radius 1 is 0.647 bits per heavy atom. The van der Waals surface area contributed by atoms with Crippen molar-refractivity contribution in [2.24, 2.45) is 0 Å². The van der Waals surface area contributed by atoms with E-state index in [1.807, 2.05) is 19.9 Å². The molecule has 0 atom stereocenters. The summed E-state index contributed by atoms with van der Waals surface area (Å²) in [4.78, 5) is 0. The number of hydrogen-bond donors (Lipinski definition) is 0. The van der Waals surface area contributed by atoms with E-state index in [2.05, 4.69) is 13.5 Å². The van der Waals surface area contributed by atoms with Crippen LogP contribution in [-0.4, -0.2) is 0 Å². The van der Waals surface area contributed by atoms with Crippen LogP contribution in [0.25, 0.3) is 0 Å². The van der Waals surface area contributed by atoms with Crippen molar-refractivity contribution in [3.63, 3.8) is 0 Å². The van der Waals surface area contributed by atoms with E-state index in [-0.39, 0.29) is 0 Å². The van der Waals surface area contributed by atoms with E-state index in [1.165, 1.54) is 77.0 Å². The summed E-state index contributed by atoms with van der Waals surface area (Å²) in [6, 6.07) is 0. The van der Waals surface area contributed by atoms with Crippen molar-refractivity contribution in [2.45, 2.75) is 97.8 Å². The highest BCUT2D eigenvalue weighted by Gasteiger charge is 1.91. The molecule has 0 spiro atoms. The van der Waals surface area contributed by atoms with E-state index in [4.69, 9.17) is 0 Å². The Morgan fingerprint density at radius 3 is 1.35 bits per heavy atom. The summed E-state index contributed by atoms with van der Waals surface area (Å²) in [5, 5.41) is 0. The zero-order chi connectivity index (χ0) is 13.2. The first kappa shape index (κ1) is 19.1. The van der Waals surface area contributed by atoms with E-state index in [0.29, 0.717) is 0 Å². The Labute approximate surface area is 111 Å². The summed E-state index contributed by atoms with van der Waals surface area (Å²) in [6.07, 6.45) is 19.0. The molecule has 0 aliphatic rings. The molecule has 0 unspecified atom stereocenters. The average molecular weight is 240 g/mol. The molecule has 0 aromatic heterocycles. The Hall–Kier alpha value is -0.260. The van der Waals surface area contributed by atoms with Crippen molar-refractivity contribution >= 4 is 0 Å². The van der Waals surface area contributed by atoms with Crippen molar-refractivity contribution in [3.8, 4) is 0 Å². The summed E-state index contributed by atoms with van der Waals surface area (Å²) in [7, 11) is 0. The van der Waals surface area contributed by atoms with Gasteiger partial charge in [-0.15, -0.1) is 6.58 Å². The Bertz CT molecular complexity index is 115. The van der Waals surface area contributed by atoms with Gasteiger partial charge in [-0.25, -0.2) is 0 Å². The molecule has 0 aromatic rings. The lowest BCUT2D eigenvalue weighted by Crippen LogP contribution is -1.81. The number of allylic oxidation sites excluding steroid dienone is 1. The minimum atomic E-state index is 1.21. The molecule has 0 saturated heterocycles. The molecule has 17 heavy (non-hydrogen) atoms. The Kier molecular flexibility index (Phi) is 23.7. The molecule has 0 aliphatic heterocycles. The first-order valence-corrected chi connectivity index (χ1v) is 8.02. The maximum Gasteiger partial charge on any atom is -0.0353 e. The van der Waals surface area contributed by atoms with Gasteiger partial charge in [-0.2, -0.15) is 0 Å². The normalized spacial score (nSPS) is 9.59. The molecule has 104 valence electrons. The predicted molar refractivity (Wildman–Crippen MR) is 82.6 cm³/mol. The SMILES string of the molecule is C=CCCCCCCCCCCCCC.CC. The third-order valence-electron chi connectivity index (χ3n) is 3.01. The molecule has 0 rings (SSSR count). The molecule has 0 aliphatic carbocycles. The molecule has 0 saturated carbocycles. The minimum Gasteiger partial charge on any atom is -0.103 e. The van der Waals surface area contributed by atoms with Gasteiger partial charge in [0.1, 0.15) is 0 Å². The Morgan fingerprint density at radius 2 is 1.00 bits per heavy atom. The molecule has 0 amide bonds. The first-order valence-electron chi connectivity index (χ1n) is 8.02. The van der Waals surface area contributed by atoms with Crippen LogP contribution in [0.15, 0.2) is 12.7 Å². The molecule has 0 bridgehead atoms. The maximum absolute atomic E-state index is 3.74. The second kappa shape index (κ2) is 21.1. The van der Waals surface area contributed by atoms with Crippen molar-refractivity contribution in [1.29, 1.82) is 0 Å². The lowest BCUT2D eigenvalue weighted by Gasteiger charge is -2.01. The van der Waals surface area contributed by atoms with Gasteiger partial charge in [0, 0.05) is 0 Å². The monoisotopic (exact) mass is 240 g/mol. The second-order valence-electron chi connectivity index (χ2n) is 4.61. The van der Waals surface area contributed by atoms with E-state index in [1.54, 1.807) is 0 Å². The maximum atomic E-state index is 3.74. The van der Waals surface area contributed by atoms with Crippen molar-refractivity contribution in [2.75, 3.05) is 0 Å². The number of hydrogen-bond acceptors (Lipinski definition) is 0. The van der Waals surface area contributed by atoms with Gasteiger partial charge in [0.15, 0.2) is 0 Å². The topological polar surface area (TPSA) is 0 Å². The first-order chi connectivity index (χ1) is 8.41. The largest absolute Gasteiger partial charge is 0.103 e. The number of rotatable bonds is 12. The van der Waals surface area contributed by atoms with Crippen molar-refractivity contribution < 1.29 is 0 Å². The fraction of sp³-hybridized carbons (Fsp3) is 0.882. The van der Waals surface area contributed by atoms with Gasteiger partial charge in [-0.1, -0.05) is 91.1 Å². The van der Waals surface area contributed by atoms with Crippen LogP contribution in [0.5, 0.6) is 0 Å². The van der Waals surface area contributed by atoms with Gasteiger partial charge in [0.25, 0.3) is 0 Å². The van der Waals surface area contributed by atoms with Crippen LogP contribution in [-0.2, 0) is 0 Å². The third kappa shape index (κ3) is 21.6. The van der Waals surface area contributed by atoms with Gasteiger partial charge in [-0.3, -0.25) is 0 Å². The highest BCUT2D eigenvalue weighted by atomic mass is 14.0. The van der Waals surface area contributed by atoms with E-state index in [0.717, 1.165) is 0 Å². The fourth-order valence-corrected chi connectivity index (χ4v) is 1.95. The van der Waals surface area contributed by atoms with E-state index in [9.17, 15) is 0 Å². The summed E-state index contributed by atoms with van der Waals surface area (Å²) in [5.74, 6) is 0. The average Bonchev–Trinajstić information content (AvgIpc) is 2.38. The molecular formula is C17H36. The van der Waals surface area contributed by atoms with Crippen molar-refractivity contribution in [1.82, 2.24) is 0 Å². The standard InChI is InChI=1S/C15H30.C2H6/c1-3-5-7-9-11-13-15-14-12-10-8-6-4-2;1-2/h3H,1,4-15H2,2H3;1-2H3. The van der Waals surface area contributed by atoms with Crippen LogP contribution in [0.2, 0.25) is 0 Å². The zero-order valence-corrected chi connectivity index (χ0v) is 12.8. The molecule has 0 radical (unpaired) electrons. The van der Waals surface area contributed by atoms with Crippen LogP contribution in [0.3, 0.4) is 0 Å². The fourth-order valence-electron chi connectivity index (χ4n) is 1.95. The Balaban J connectivity index is 0. The highest BCUT2D eigenvalue weighted by Crippen LogP contribution is 2.11. The molecule has 0 heterocycles.